The molecule has 0 bridgehead atoms. The number of nitrogens with one attached hydrogen (secondary N) is 1. The van der Waals surface area contributed by atoms with E-state index < -0.39 is 0 Å². The molecule has 0 radical (unpaired) electrons. The molecule has 196 valence electrons. The van der Waals surface area contributed by atoms with E-state index in [0.29, 0.717) is 52.1 Å². The van der Waals surface area contributed by atoms with E-state index in [9.17, 15) is 0 Å². The number of aryl methyl sites for hydroxylation is 2. The lowest BCUT2D eigenvalue weighted by Crippen LogP contribution is -2.11. The number of hydrogen-bond acceptors (Lipinski definition) is 8. The van der Waals surface area contributed by atoms with Gasteiger partial charge in [0.15, 0.2) is 5.82 Å². The lowest BCUT2D eigenvalue weighted by molar-refractivity contribution is 0.0685. The molecular formula is C27H38ClN5O3. The second kappa shape index (κ2) is 13.6. The average molecular weight is 516 g/mol. The fourth-order valence-corrected chi connectivity index (χ4v) is 4.42. The van der Waals surface area contributed by atoms with Gasteiger partial charge in [-0.3, -0.25) is 0 Å². The van der Waals surface area contributed by atoms with E-state index in [2.05, 4.69) is 22.4 Å². The van der Waals surface area contributed by atoms with Crippen molar-refractivity contribution >= 4 is 17.4 Å². The number of benzene rings is 1. The molecule has 1 fully saturated rings. The predicted molar refractivity (Wildman–Crippen MR) is 145 cm³/mol. The molecule has 0 saturated heterocycles. The zero-order valence-corrected chi connectivity index (χ0v) is 22.7. The van der Waals surface area contributed by atoms with Gasteiger partial charge in [-0.1, -0.05) is 29.6 Å². The van der Waals surface area contributed by atoms with E-state index in [1.165, 1.54) is 25.7 Å². The first kappa shape index (κ1) is 27.9. The van der Waals surface area contributed by atoms with Crippen molar-refractivity contribution in [1.82, 2.24) is 20.4 Å². The highest BCUT2D eigenvalue weighted by Crippen LogP contribution is 2.35. The Morgan fingerprint density at radius 2 is 1.92 bits per heavy atom. The van der Waals surface area contributed by atoms with Crippen molar-refractivity contribution in [3.8, 4) is 28.4 Å². The molecule has 3 N–H and O–H groups in total. The number of nitrogens with two attached hydrogens (primary N) is 1. The molecule has 1 aromatic carbocycles. The van der Waals surface area contributed by atoms with E-state index in [0.717, 1.165) is 36.4 Å². The first-order valence-corrected chi connectivity index (χ1v) is 13.0. The highest BCUT2D eigenvalue weighted by atomic mass is 35.5. The Labute approximate surface area is 218 Å². The number of hydrogen-bond donors (Lipinski definition) is 2. The molecule has 1 aliphatic rings. The van der Waals surface area contributed by atoms with Gasteiger partial charge in [0.1, 0.15) is 17.3 Å². The van der Waals surface area contributed by atoms with E-state index in [-0.39, 0.29) is 0 Å². The van der Waals surface area contributed by atoms with Gasteiger partial charge in [-0.05, 0) is 78.7 Å². The summed E-state index contributed by atoms with van der Waals surface area (Å²) in [5.74, 6) is 2.20. The molecule has 9 heteroatoms. The largest absolute Gasteiger partial charge is 0.494 e. The van der Waals surface area contributed by atoms with Crippen LogP contribution in [0.2, 0.25) is 5.02 Å². The summed E-state index contributed by atoms with van der Waals surface area (Å²) in [5.41, 5.74) is 9.88. The molecule has 0 spiro atoms. The zero-order valence-electron chi connectivity index (χ0n) is 22.0. The molecule has 0 amide bonds. The fourth-order valence-electron chi connectivity index (χ4n) is 4.21. The molecule has 0 atom stereocenters. The number of ether oxygens (including phenoxy) is 2. The van der Waals surface area contributed by atoms with Crippen LogP contribution in [-0.2, 0) is 4.74 Å². The Bertz CT molecular complexity index is 1110. The Hall–Kier alpha value is -2.68. The Balaban J connectivity index is 0.000000383. The average Bonchev–Trinajstić information content (AvgIpc) is 3.50. The van der Waals surface area contributed by atoms with Crippen LogP contribution < -0.4 is 15.8 Å². The molecule has 4 rings (SSSR count). The van der Waals surface area contributed by atoms with E-state index in [1.54, 1.807) is 6.07 Å². The minimum absolute atomic E-state index is 0.386. The number of nitrogen functional groups attached to an aromatic ring is 1. The molecule has 3 aromatic rings. The van der Waals surface area contributed by atoms with Crippen molar-refractivity contribution < 1.29 is 14.0 Å². The Morgan fingerprint density at radius 1 is 1.17 bits per heavy atom. The third-order valence-corrected chi connectivity index (χ3v) is 6.51. The normalized spacial score (nSPS) is 13.5. The maximum Gasteiger partial charge on any atom is 0.163 e. The fraction of sp³-hybridized carbons (Fsp3) is 0.519. The summed E-state index contributed by atoms with van der Waals surface area (Å²) >= 11 is 6.43. The number of aromatic nitrogens is 3. The summed E-state index contributed by atoms with van der Waals surface area (Å²) in [6.07, 6.45) is 6.87. The predicted octanol–water partition coefficient (Wildman–Crippen LogP) is 5.91. The zero-order chi connectivity index (χ0) is 26.1. The van der Waals surface area contributed by atoms with Gasteiger partial charge in [0.25, 0.3) is 0 Å². The van der Waals surface area contributed by atoms with Crippen LogP contribution >= 0.6 is 11.6 Å². The second-order valence-corrected chi connectivity index (χ2v) is 9.32. The quantitative estimate of drug-likeness (QED) is 0.338. The lowest BCUT2D eigenvalue weighted by atomic mass is 10.1. The third-order valence-electron chi connectivity index (χ3n) is 6.18. The highest BCUT2D eigenvalue weighted by Gasteiger charge is 2.20. The van der Waals surface area contributed by atoms with Crippen LogP contribution in [0.1, 0.15) is 56.0 Å². The van der Waals surface area contributed by atoms with Crippen molar-refractivity contribution in [1.29, 1.82) is 0 Å². The number of halogens is 1. The van der Waals surface area contributed by atoms with Crippen molar-refractivity contribution in [3.63, 3.8) is 0 Å². The third kappa shape index (κ3) is 7.18. The number of nitrogens with zero attached hydrogens (tertiary/aromatic N) is 3. The Morgan fingerprint density at radius 3 is 2.56 bits per heavy atom. The molecular weight excluding hydrogens is 478 g/mol. The van der Waals surface area contributed by atoms with Crippen molar-refractivity contribution in [2.75, 3.05) is 32.5 Å². The summed E-state index contributed by atoms with van der Waals surface area (Å²) in [6.45, 7) is 10.0. The van der Waals surface area contributed by atoms with Crippen molar-refractivity contribution in [2.24, 2.45) is 0 Å². The SMILES string of the molecule is CCOC1CCCC1.CNCCCOc1ccc(Cl)c(-c2nc(N)c(C)c(-c3c(C)noc3C)n2)c1. The van der Waals surface area contributed by atoms with Crippen molar-refractivity contribution in [2.45, 2.75) is 65.9 Å². The summed E-state index contributed by atoms with van der Waals surface area (Å²) < 4.78 is 16.5. The summed E-state index contributed by atoms with van der Waals surface area (Å²) in [7, 11) is 1.91. The van der Waals surface area contributed by atoms with Crippen LogP contribution in [-0.4, -0.2) is 48.0 Å². The Kier molecular flexibility index (Phi) is 10.5. The number of rotatable bonds is 9. The molecule has 2 aromatic heterocycles. The molecule has 0 aliphatic heterocycles. The maximum absolute atomic E-state index is 6.43. The molecule has 0 unspecified atom stereocenters. The van der Waals surface area contributed by atoms with Gasteiger partial charge in [0.2, 0.25) is 0 Å². The monoisotopic (exact) mass is 515 g/mol. The molecule has 1 aliphatic carbocycles. The molecule has 8 nitrogen and oxygen atoms in total. The van der Waals surface area contributed by atoms with Gasteiger partial charge in [-0.15, -0.1) is 0 Å². The molecule has 36 heavy (non-hydrogen) atoms. The molecule has 2 heterocycles. The number of anilines is 1. The maximum atomic E-state index is 6.43. The van der Waals surface area contributed by atoms with Crippen LogP contribution in [0.5, 0.6) is 5.75 Å². The van der Waals surface area contributed by atoms with Crippen molar-refractivity contribution in [3.05, 3.63) is 40.2 Å². The minimum atomic E-state index is 0.386. The first-order valence-electron chi connectivity index (χ1n) is 12.6. The first-order chi connectivity index (χ1) is 17.3. The summed E-state index contributed by atoms with van der Waals surface area (Å²) in [5, 5.41) is 7.64. The highest BCUT2D eigenvalue weighted by molar-refractivity contribution is 6.33. The standard InChI is InChI=1S/C20H24ClN5O2.C7H14O/c1-11-18(17-12(2)26-28-13(17)3)24-20(25-19(11)22)15-10-14(6-7-16(15)21)27-9-5-8-23-4;1-2-8-7-5-3-4-6-7/h6-7,10,23H,5,8-9H2,1-4H3,(H2,22,24,25);7H,2-6H2,1H3. The topological polar surface area (TPSA) is 108 Å². The smallest absolute Gasteiger partial charge is 0.163 e. The van der Waals surface area contributed by atoms with Crippen LogP contribution in [0.3, 0.4) is 0 Å². The van der Waals surface area contributed by atoms with E-state index >= 15 is 0 Å². The van der Waals surface area contributed by atoms with Gasteiger partial charge < -0.3 is 25.0 Å². The summed E-state index contributed by atoms with van der Waals surface area (Å²) in [6, 6.07) is 5.44. The van der Waals surface area contributed by atoms with E-state index in [4.69, 9.17) is 36.3 Å². The van der Waals surface area contributed by atoms with Crippen LogP contribution in [0, 0.1) is 20.8 Å². The van der Waals surface area contributed by atoms with E-state index in [1.807, 2.05) is 40.0 Å². The van der Waals surface area contributed by atoms with Crippen LogP contribution in [0.15, 0.2) is 22.7 Å². The van der Waals surface area contributed by atoms with Crippen LogP contribution in [0.25, 0.3) is 22.6 Å². The minimum Gasteiger partial charge on any atom is -0.494 e. The summed E-state index contributed by atoms with van der Waals surface area (Å²) in [4.78, 5) is 9.19. The van der Waals surface area contributed by atoms with Gasteiger partial charge in [0, 0.05) is 17.7 Å². The van der Waals surface area contributed by atoms with Crippen LogP contribution in [0.4, 0.5) is 5.82 Å². The molecule has 1 saturated carbocycles. The van der Waals surface area contributed by atoms with Gasteiger partial charge >= 0.3 is 0 Å². The van der Waals surface area contributed by atoms with Gasteiger partial charge in [-0.25, -0.2) is 9.97 Å². The van der Waals surface area contributed by atoms with Gasteiger partial charge in [0.05, 0.1) is 34.7 Å². The second-order valence-electron chi connectivity index (χ2n) is 8.91. The van der Waals surface area contributed by atoms with Gasteiger partial charge in [-0.2, -0.15) is 0 Å². The lowest BCUT2D eigenvalue weighted by Gasteiger charge is -2.12.